The van der Waals surface area contributed by atoms with Gasteiger partial charge in [-0.1, -0.05) is 37.9 Å². The average molecular weight is 241 g/mol. The SMILES string of the molecule is CCC(C)[C@H](N)c1ccc(N(C)C)cc1Cl. The van der Waals surface area contributed by atoms with E-state index in [0.29, 0.717) is 5.92 Å². The van der Waals surface area contributed by atoms with E-state index in [1.165, 1.54) is 0 Å². The van der Waals surface area contributed by atoms with E-state index in [4.69, 9.17) is 17.3 Å². The summed E-state index contributed by atoms with van der Waals surface area (Å²) in [6.45, 7) is 4.30. The van der Waals surface area contributed by atoms with Gasteiger partial charge in [0.1, 0.15) is 0 Å². The number of hydrogen-bond acceptors (Lipinski definition) is 2. The fraction of sp³-hybridized carbons (Fsp3) is 0.538. The van der Waals surface area contributed by atoms with E-state index in [2.05, 4.69) is 19.9 Å². The van der Waals surface area contributed by atoms with Gasteiger partial charge in [-0.2, -0.15) is 0 Å². The van der Waals surface area contributed by atoms with Crippen molar-refractivity contribution >= 4 is 17.3 Å². The van der Waals surface area contributed by atoms with Crippen molar-refractivity contribution in [2.75, 3.05) is 19.0 Å². The lowest BCUT2D eigenvalue weighted by Crippen LogP contribution is -2.19. The molecule has 0 bridgehead atoms. The van der Waals surface area contributed by atoms with E-state index in [1.54, 1.807) is 0 Å². The van der Waals surface area contributed by atoms with Crippen LogP contribution in [0.1, 0.15) is 31.9 Å². The van der Waals surface area contributed by atoms with Gasteiger partial charge in [-0.3, -0.25) is 0 Å². The van der Waals surface area contributed by atoms with Crippen LogP contribution in [0.4, 0.5) is 5.69 Å². The molecule has 0 radical (unpaired) electrons. The summed E-state index contributed by atoms with van der Waals surface area (Å²) in [6.07, 6.45) is 1.06. The number of halogens is 1. The highest BCUT2D eigenvalue weighted by Gasteiger charge is 2.16. The summed E-state index contributed by atoms with van der Waals surface area (Å²) < 4.78 is 0. The molecule has 0 aliphatic heterocycles. The number of rotatable bonds is 4. The minimum absolute atomic E-state index is 0.0220. The van der Waals surface area contributed by atoms with Crippen LogP contribution in [0.2, 0.25) is 5.02 Å². The maximum absolute atomic E-state index is 6.26. The summed E-state index contributed by atoms with van der Waals surface area (Å²) in [6, 6.07) is 6.09. The van der Waals surface area contributed by atoms with Gasteiger partial charge in [0, 0.05) is 30.8 Å². The van der Waals surface area contributed by atoms with E-state index in [-0.39, 0.29) is 6.04 Å². The Morgan fingerprint density at radius 1 is 1.38 bits per heavy atom. The number of anilines is 1. The molecule has 3 heteroatoms. The third kappa shape index (κ3) is 2.89. The zero-order chi connectivity index (χ0) is 12.3. The van der Waals surface area contributed by atoms with Crippen molar-refractivity contribution < 1.29 is 0 Å². The first-order valence-corrected chi connectivity index (χ1v) is 6.07. The number of hydrogen-bond donors (Lipinski definition) is 1. The van der Waals surface area contributed by atoms with Gasteiger partial charge in [-0.15, -0.1) is 0 Å². The lowest BCUT2D eigenvalue weighted by Gasteiger charge is -2.21. The molecule has 0 aliphatic carbocycles. The van der Waals surface area contributed by atoms with Crippen LogP contribution < -0.4 is 10.6 Å². The molecule has 0 aromatic heterocycles. The van der Waals surface area contributed by atoms with Gasteiger partial charge < -0.3 is 10.6 Å². The summed E-state index contributed by atoms with van der Waals surface area (Å²) in [5.41, 5.74) is 8.32. The van der Waals surface area contributed by atoms with Gasteiger partial charge in [0.15, 0.2) is 0 Å². The second-order valence-corrected chi connectivity index (χ2v) is 4.92. The zero-order valence-electron chi connectivity index (χ0n) is 10.5. The Labute approximate surface area is 103 Å². The molecule has 1 unspecified atom stereocenters. The summed E-state index contributed by atoms with van der Waals surface area (Å²) in [5.74, 6) is 0.447. The third-order valence-electron chi connectivity index (χ3n) is 3.12. The molecular weight excluding hydrogens is 220 g/mol. The summed E-state index contributed by atoms with van der Waals surface area (Å²) in [4.78, 5) is 2.03. The molecule has 1 rings (SSSR count). The van der Waals surface area contributed by atoms with Crippen molar-refractivity contribution in [3.63, 3.8) is 0 Å². The highest BCUT2D eigenvalue weighted by molar-refractivity contribution is 6.31. The zero-order valence-corrected chi connectivity index (χ0v) is 11.3. The molecule has 90 valence electrons. The minimum Gasteiger partial charge on any atom is -0.378 e. The molecule has 2 nitrogen and oxygen atoms in total. The summed E-state index contributed by atoms with van der Waals surface area (Å²) in [5, 5.41) is 0.763. The molecule has 0 saturated heterocycles. The molecule has 16 heavy (non-hydrogen) atoms. The van der Waals surface area contributed by atoms with Gasteiger partial charge in [0.25, 0.3) is 0 Å². The average Bonchev–Trinajstić information content (AvgIpc) is 2.26. The highest BCUT2D eigenvalue weighted by atomic mass is 35.5. The van der Waals surface area contributed by atoms with Crippen molar-refractivity contribution in [2.24, 2.45) is 11.7 Å². The number of nitrogens with two attached hydrogens (primary N) is 1. The smallest absolute Gasteiger partial charge is 0.0474 e. The Balaban J connectivity index is 2.99. The second kappa shape index (κ2) is 5.55. The Morgan fingerprint density at radius 3 is 2.44 bits per heavy atom. The van der Waals surface area contributed by atoms with Crippen LogP contribution in [-0.2, 0) is 0 Å². The fourth-order valence-electron chi connectivity index (χ4n) is 1.63. The van der Waals surface area contributed by atoms with Crippen LogP contribution in [0.3, 0.4) is 0 Å². The van der Waals surface area contributed by atoms with E-state index in [1.807, 2.05) is 31.1 Å². The predicted octanol–water partition coefficient (Wildman–Crippen LogP) is 3.45. The van der Waals surface area contributed by atoms with Gasteiger partial charge in [-0.05, 0) is 23.6 Å². The molecule has 0 saturated carbocycles. The first kappa shape index (κ1) is 13.3. The molecule has 0 spiro atoms. The number of benzene rings is 1. The van der Waals surface area contributed by atoms with Gasteiger partial charge >= 0.3 is 0 Å². The maximum Gasteiger partial charge on any atom is 0.0474 e. The van der Waals surface area contributed by atoms with Gasteiger partial charge in [0.05, 0.1) is 0 Å². The maximum atomic E-state index is 6.26. The number of nitrogens with zero attached hydrogens (tertiary/aromatic N) is 1. The molecule has 0 amide bonds. The largest absolute Gasteiger partial charge is 0.378 e. The fourth-order valence-corrected chi connectivity index (χ4v) is 1.93. The first-order chi connectivity index (χ1) is 7.47. The standard InChI is InChI=1S/C13H21ClN2/c1-5-9(2)13(15)11-7-6-10(16(3)4)8-12(11)14/h6-9,13H,5,15H2,1-4H3/t9?,13-/m0/s1. The molecule has 0 aliphatic rings. The topological polar surface area (TPSA) is 29.3 Å². The lowest BCUT2D eigenvalue weighted by atomic mass is 9.93. The van der Waals surface area contributed by atoms with Crippen molar-refractivity contribution in [3.05, 3.63) is 28.8 Å². The third-order valence-corrected chi connectivity index (χ3v) is 3.44. The molecule has 0 heterocycles. The van der Waals surface area contributed by atoms with E-state index in [9.17, 15) is 0 Å². The quantitative estimate of drug-likeness (QED) is 0.874. The molecule has 0 fully saturated rings. The van der Waals surface area contributed by atoms with Crippen molar-refractivity contribution in [1.82, 2.24) is 0 Å². The van der Waals surface area contributed by atoms with Crippen LogP contribution >= 0.6 is 11.6 Å². The monoisotopic (exact) mass is 240 g/mol. The summed E-state index contributed by atoms with van der Waals surface area (Å²) in [7, 11) is 4.00. The predicted molar refractivity (Wildman–Crippen MR) is 72.2 cm³/mol. The molecule has 1 aromatic carbocycles. The van der Waals surface area contributed by atoms with E-state index < -0.39 is 0 Å². The van der Waals surface area contributed by atoms with Crippen molar-refractivity contribution in [3.8, 4) is 0 Å². The van der Waals surface area contributed by atoms with Crippen LogP contribution in [0.5, 0.6) is 0 Å². The Hall–Kier alpha value is -0.730. The second-order valence-electron chi connectivity index (χ2n) is 4.51. The molecule has 2 N–H and O–H groups in total. The van der Waals surface area contributed by atoms with Crippen LogP contribution in [-0.4, -0.2) is 14.1 Å². The highest BCUT2D eigenvalue weighted by Crippen LogP contribution is 2.30. The molecular formula is C13H21ClN2. The normalized spacial score (nSPS) is 14.6. The lowest BCUT2D eigenvalue weighted by molar-refractivity contribution is 0.457. The van der Waals surface area contributed by atoms with Crippen LogP contribution in [0, 0.1) is 5.92 Å². The van der Waals surface area contributed by atoms with Crippen LogP contribution in [0.15, 0.2) is 18.2 Å². The first-order valence-electron chi connectivity index (χ1n) is 5.69. The summed E-state index contributed by atoms with van der Waals surface area (Å²) >= 11 is 6.26. The Bertz CT molecular complexity index is 350. The molecule has 2 atom stereocenters. The van der Waals surface area contributed by atoms with E-state index in [0.717, 1.165) is 22.7 Å². The molecule has 1 aromatic rings. The van der Waals surface area contributed by atoms with Crippen LogP contribution in [0.25, 0.3) is 0 Å². The Kier molecular flexibility index (Phi) is 4.63. The van der Waals surface area contributed by atoms with Gasteiger partial charge in [0.2, 0.25) is 0 Å². The van der Waals surface area contributed by atoms with E-state index >= 15 is 0 Å². The van der Waals surface area contributed by atoms with Crippen molar-refractivity contribution in [1.29, 1.82) is 0 Å². The minimum atomic E-state index is 0.0220. The van der Waals surface area contributed by atoms with Crippen molar-refractivity contribution in [2.45, 2.75) is 26.3 Å². The van der Waals surface area contributed by atoms with Gasteiger partial charge in [-0.25, -0.2) is 0 Å². The Morgan fingerprint density at radius 2 is 2.00 bits per heavy atom.